The van der Waals surface area contributed by atoms with Crippen LogP contribution in [0.25, 0.3) is 4.94 Å². The number of hydrogen-bond acceptors (Lipinski definition) is 4. The van der Waals surface area contributed by atoms with E-state index in [2.05, 4.69) is 13.6 Å². The molecule has 108 valence electrons. The standard InChI is InChI=1S/C8H16N.F2NO2S.O2S/c1-3-6-9(2)7-4-5-8-9;1-3-6(2,4)5;1-3-2/h3H,1,4-8H2,2H3;;/q+1;-1;. The monoisotopic (exact) mass is 306 g/mol. The van der Waals surface area contributed by atoms with Gasteiger partial charge in [-0.15, -0.1) is 3.89 Å². The number of hydrogen-bond donors (Lipinski definition) is 0. The van der Waals surface area contributed by atoms with Crippen LogP contribution in [-0.4, -0.2) is 48.0 Å². The lowest BCUT2D eigenvalue weighted by Gasteiger charge is -2.27. The van der Waals surface area contributed by atoms with Crippen molar-refractivity contribution < 1.29 is 29.7 Å². The predicted octanol–water partition coefficient (Wildman–Crippen LogP) is 1.20. The van der Waals surface area contributed by atoms with Crippen molar-refractivity contribution in [3.8, 4) is 0 Å². The lowest BCUT2D eigenvalue weighted by molar-refractivity contribution is -0.891. The van der Waals surface area contributed by atoms with Gasteiger partial charge in [-0.3, -0.25) is 0 Å². The van der Waals surface area contributed by atoms with Crippen LogP contribution < -0.4 is 0 Å². The Balaban J connectivity index is 0. The molecule has 1 fully saturated rings. The van der Waals surface area contributed by atoms with Crippen molar-refractivity contribution in [3.05, 3.63) is 17.6 Å². The molecule has 0 spiro atoms. The van der Waals surface area contributed by atoms with Crippen LogP contribution in [0.4, 0.5) is 8.37 Å². The fourth-order valence-corrected chi connectivity index (χ4v) is 1.59. The highest BCUT2D eigenvalue weighted by molar-refractivity contribution is 7.88. The first-order chi connectivity index (χ1) is 8.24. The molecule has 0 saturated carbocycles. The largest absolute Gasteiger partial charge is 0.352 e. The van der Waals surface area contributed by atoms with Gasteiger partial charge in [-0.2, -0.15) is 8.42 Å². The first-order valence-electron chi connectivity index (χ1n) is 4.88. The van der Waals surface area contributed by atoms with E-state index in [-0.39, 0.29) is 0 Å². The number of likely N-dealkylation sites (N-methyl/N-ethyl adjacent to an activating group) is 1. The molecule has 0 bridgehead atoms. The smallest absolute Gasteiger partial charge is 0.335 e. The van der Waals surface area contributed by atoms with E-state index in [0.717, 1.165) is 11.5 Å². The van der Waals surface area contributed by atoms with Crippen LogP contribution in [0.15, 0.2) is 12.7 Å². The summed E-state index contributed by atoms with van der Waals surface area (Å²) in [5.74, 6) is 0. The molecule has 18 heavy (non-hydrogen) atoms. The van der Waals surface area contributed by atoms with E-state index in [1.165, 1.54) is 30.4 Å². The predicted molar refractivity (Wildman–Crippen MR) is 63.6 cm³/mol. The van der Waals surface area contributed by atoms with E-state index in [1.54, 1.807) is 0 Å². The Bertz CT molecular complexity index is 363. The number of nitrogens with zero attached hydrogens (tertiary/aromatic N) is 2. The second-order valence-corrected chi connectivity index (χ2v) is 4.89. The summed E-state index contributed by atoms with van der Waals surface area (Å²) in [5, 5.41) is 0. The van der Waals surface area contributed by atoms with E-state index in [4.69, 9.17) is 16.8 Å². The van der Waals surface area contributed by atoms with Crippen LogP contribution in [0.3, 0.4) is 0 Å². The quantitative estimate of drug-likeness (QED) is 0.446. The number of rotatable bonds is 3. The SMILES string of the molecule is C=CC[N+]1(C)CCCC1.O=S(=O)(F)[N-]F.O=S=O. The minimum absolute atomic E-state index is 0.750. The average molecular weight is 306 g/mol. The van der Waals surface area contributed by atoms with Crippen molar-refractivity contribution in [1.29, 1.82) is 0 Å². The van der Waals surface area contributed by atoms with Crippen molar-refractivity contribution in [2.45, 2.75) is 12.8 Å². The van der Waals surface area contributed by atoms with Gasteiger partial charge < -0.3 is 13.9 Å². The van der Waals surface area contributed by atoms with Crippen LogP contribution in [-0.2, 0) is 22.0 Å². The van der Waals surface area contributed by atoms with Gasteiger partial charge in [-0.1, -0.05) is 6.58 Å². The molecule has 0 aromatic rings. The molecule has 0 atom stereocenters. The Hall–Kier alpha value is -0.710. The highest BCUT2D eigenvalue weighted by atomic mass is 32.3. The molecule has 0 radical (unpaired) electrons. The summed E-state index contributed by atoms with van der Waals surface area (Å²) in [6.07, 6.45) is 4.85. The van der Waals surface area contributed by atoms with Crippen molar-refractivity contribution in [2.75, 3.05) is 26.7 Å². The summed E-state index contributed by atoms with van der Waals surface area (Å²) in [6, 6.07) is 0. The number of quaternary nitrogens is 1. The van der Waals surface area contributed by atoms with Crippen molar-refractivity contribution in [2.24, 2.45) is 0 Å². The highest BCUT2D eigenvalue weighted by Crippen LogP contribution is 2.15. The van der Waals surface area contributed by atoms with Crippen LogP contribution in [0.5, 0.6) is 0 Å². The van der Waals surface area contributed by atoms with Crippen LogP contribution in [0, 0.1) is 0 Å². The number of halogens is 2. The number of likely N-dealkylation sites (tertiary alicyclic amines) is 1. The van der Waals surface area contributed by atoms with Gasteiger partial charge in [0.05, 0.1) is 26.7 Å². The van der Waals surface area contributed by atoms with E-state index in [9.17, 15) is 8.37 Å². The van der Waals surface area contributed by atoms with E-state index < -0.39 is 22.0 Å². The molecule has 0 amide bonds. The zero-order valence-electron chi connectivity index (χ0n) is 9.92. The second-order valence-electron chi connectivity index (χ2n) is 3.79. The minimum atomic E-state index is -5.20. The highest BCUT2D eigenvalue weighted by Gasteiger charge is 2.24. The molecule has 1 aliphatic heterocycles. The summed E-state index contributed by atoms with van der Waals surface area (Å²) in [5.41, 5.74) is 0. The molecule has 0 aromatic carbocycles. The molecular weight excluding hydrogens is 290 g/mol. The Morgan fingerprint density at radius 2 is 1.72 bits per heavy atom. The molecule has 1 aliphatic rings. The lowest BCUT2D eigenvalue weighted by Crippen LogP contribution is -2.40. The fraction of sp³-hybridized carbons (Fsp3) is 0.750. The summed E-state index contributed by atoms with van der Waals surface area (Å²) in [6.45, 7) is 7.61. The van der Waals surface area contributed by atoms with Crippen molar-refractivity contribution in [3.63, 3.8) is 0 Å². The molecule has 0 aliphatic carbocycles. The fourth-order valence-electron chi connectivity index (χ4n) is 1.59. The zero-order valence-corrected chi connectivity index (χ0v) is 11.6. The maximum absolute atomic E-state index is 10.5. The van der Waals surface area contributed by atoms with Gasteiger partial charge >= 0.3 is 11.6 Å². The van der Waals surface area contributed by atoms with E-state index in [1.807, 2.05) is 6.08 Å². The molecule has 0 aromatic heterocycles. The average Bonchev–Trinajstić information content (AvgIpc) is 2.67. The minimum Gasteiger partial charge on any atom is -0.352 e. The summed E-state index contributed by atoms with van der Waals surface area (Å²) >= 11 is -0.750. The Morgan fingerprint density at radius 1 is 1.39 bits per heavy atom. The Labute approximate surface area is 109 Å². The van der Waals surface area contributed by atoms with Crippen LogP contribution in [0.1, 0.15) is 12.8 Å². The van der Waals surface area contributed by atoms with Crippen molar-refractivity contribution in [1.82, 2.24) is 0 Å². The van der Waals surface area contributed by atoms with E-state index in [0.29, 0.717) is 0 Å². The van der Waals surface area contributed by atoms with Gasteiger partial charge in [-0.05, 0) is 6.08 Å². The second kappa shape index (κ2) is 10.2. The third-order valence-electron chi connectivity index (χ3n) is 2.30. The topological polar surface area (TPSA) is 82.4 Å². The summed E-state index contributed by atoms with van der Waals surface area (Å²) in [4.78, 5) is 0.826. The third-order valence-corrected chi connectivity index (χ3v) is 2.46. The summed E-state index contributed by atoms with van der Waals surface area (Å²) in [7, 11) is -2.89. The maximum atomic E-state index is 10.5. The molecule has 1 heterocycles. The lowest BCUT2D eigenvalue weighted by atomic mass is 10.4. The third kappa shape index (κ3) is 13.4. The molecule has 6 nitrogen and oxygen atoms in total. The van der Waals surface area contributed by atoms with Crippen LogP contribution in [0.2, 0.25) is 0 Å². The molecule has 10 heteroatoms. The van der Waals surface area contributed by atoms with Crippen molar-refractivity contribution >= 4 is 22.0 Å². The van der Waals surface area contributed by atoms with E-state index >= 15 is 0 Å². The maximum Gasteiger partial charge on any atom is 0.335 e. The molecule has 0 unspecified atom stereocenters. The van der Waals surface area contributed by atoms with Gasteiger partial charge in [0, 0.05) is 12.8 Å². The Kier molecular flexibility index (Phi) is 11.2. The normalized spacial score (nSPS) is 16.6. The van der Waals surface area contributed by atoms with Crippen LogP contribution >= 0.6 is 0 Å². The molecule has 1 rings (SSSR count). The molecular formula is C8H16F2N2O4S2. The first-order valence-corrected chi connectivity index (χ1v) is 6.89. The first kappa shape index (κ1) is 19.6. The van der Waals surface area contributed by atoms with Gasteiger partial charge in [0.25, 0.3) is 10.4 Å². The molecule has 0 N–H and O–H groups in total. The van der Waals surface area contributed by atoms with Gasteiger partial charge in [0.15, 0.2) is 0 Å². The van der Waals surface area contributed by atoms with Gasteiger partial charge in [0.2, 0.25) is 0 Å². The Morgan fingerprint density at radius 3 is 1.94 bits per heavy atom. The zero-order chi connectivity index (χ0) is 14.7. The van der Waals surface area contributed by atoms with Gasteiger partial charge in [0.1, 0.15) is 0 Å². The van der Waals surface area contributed by atoms with Gasteiger partial charge in [-0.25, -0.2) is 8.42 Å². The molecule has 1 saturated heterocycles. The summed E-state index contributed by atoms with van der Waals surface area (Å²) < 4.78 is 56.1.